The molecule has 0 saturated heterocycles. The summed E-state index contributed by atoms with van der Waals surface area (Å²) in [5, 5.41) is 0. The summed E-state index contributed by atoms with van der Waals surface area (Å²) in [5.74, 6) is 0.561. The van der Waals surface area contributed by atoms with Gasteiger partial charge >= 0.3 is 0 Å². The summed E-state index contributed by atoms with van der Waals surface area (Å²) >= 11 is 0. The molecule has 0 aliphatic carbocycles. The molecular formula is C13H21NO. The third-order valence-electron chi connectivity index (χ3n) is 3.03. The zero-order chi connectivity index (χ0) is 11.5. The first-order chi connectivity index (χ1) is 7.03. The Morgan fingerprint density at radius 2 is 1.80 bits per heavy atom. The van der Waals surface area contributed by atoms with Crippen LogP contribution in [-0.2, 0) is 10.3 Å². The fourth-order valence-electron chi connectivity index (χ4n) is 1.54. The minimum Gasteiger partial charge on any atom is -0.372 e. The van der Waals surface area contributed by atoms with Crippen LogP contribution in [-0.4, -0.2) is 13.7 Å². The highest BCUT2D eigenvalue weighted by Crippen LogP contribution is 2.25. The maximum absolute atomic E-state index is 5.72. The first-order valence-electron chi connectivity index (χ1n) is 5.39. The van der Waals surface area contributed by atoms with Crippen LogP contribution in [0.15, 0.2) is 24.3 Å². The van der Waals surface area contributed by atoms with E-state index in [1.807, 2.05) is 6.92 Å². The van der Waals surface area contributed by atoms with E-state index in [0.717, 1.165) is 5.56 Å². The summed E-state index contributed by atoms with van der Waals surface area (Å²) in [6.45, 7) is 6.88. The molecule has 0 heterocycles. The van der Waals surface area contributed by atoms with E-state index in [4.69, 9.17) is 10.5 Å². The summed E-state index contributed by atoms with van der Waals surface area (Å²) in [6, 6.07) is 8.50. The van der Waals surface area contributed by atoms with Gasteiger partial charge in [0.15, 0.2) is 0 Å². The van der Waals surface area contributed by atoms with E-state index in [2.05, 4.69) is 38.1 Å². The van der Waals surface area contributed by atoms with Crippen molar-refractivity contribution in [3.8, 4) is 0 Å². The molecule has 1 atom stereocenters. The maximum atomic E-state index is 5.72. The Morgan fingerprint density at radius 1 is 1.27 bits per heavy atom. The minimum atomic E-state index is -0.366. The monoisotopic (exact) mass is 207 g/mol. The van der Waals surface area contributed by atoms with E-state index >= 15 is 0 Å². The van der Waals surface area contributed by atoms with Gasteiger partial charge in [-0.05, 0) is 24.0 Å². The second-order valence-electron chi connectivity index (χ2n) is 4.42. The van der Waals surface area contributed by atoms with Gasteiger partial charge in [-0.3, -0.25) is 0 Å². The molecule has 1 aromatic carbocycles. The van der Waals surface area contributed by atoms with Gasteiger partial charge in [0.2, 0.25) is 0 Å². The van der Waals surface area contributed by atoms with Gasteiger partial charge in [-0.15, -0.1) is 0 Å². The summed E-state index contributed by atoms with van der Waals surface area (Å²) in [6.07, 6.45) is 0. The molecule has 0 aliphatic rings. The van der Waals surface area contributed by atoms with Gasteiger partial charge < -0.3 is 10.5 Å². The smallest absolute Gasteiger partial charge is 0.102 e. The number of hydrogen-bond acceptors (Lipinski definition) is 2. The molecule has 0 amide bonds. The van der Waals surface area contributed by atoms with Gasteiger partial charge in [-0.2, -0.15) is 0 Å². The third kappa shape index (κ3) is 2.58. The molecule has 0 aromatic heterocycles. The predicted octanol–water partition coefficient (Wildman–Crippen LogP) is 2.63. The molecule has 1 rings (SSSR count). The van der Waals surface area contributed by atoms with E-state index < -0.39 is 0 Å². The number of ether oxygens (including phenoxy) is 1. The van der Waals surface area contributed by atoms with Crippen LogP contribution in [0.1, 0.15) is 37.8 Å². The van der Waals surface area contributed by atoms with Crippen molar-refractivity contribution in [2.24, 2.45) is 5.73 Å². The lowest BCUT2D eigenvalue weighted by molar-refractivity contribution is 0.0101. The number of nitrogens with two attached hydrogens (primary N) is 1. The summed E-state index contributed by atoms with van der Waals surface area (Å²) < 4.78 is 5.45. The highest BCUT2D eigenvalue weighted by Gasteiger charge is 2.23. The molecule has 0 bridgehead atoms. The van der Waals surface area contributed by atoms with Crippen molar-refractivity contribution < 1.29 is 4.74 Å². The molecule has 84 valence electrons. The largest absolute Gasteiger partial charge is 0.372 e. The van der Waals surface area contributed by atoms with Crippen molar-refractivity contribution in [2.75, 3.05) is 13.7 Å². The molecule has 2 nitrogen and oxygen atoms in total. The van der Waals surface area contributed by atoms with Crippen molar-refractivity contribution in [1.29, 1.82) is 0 Å². The van der Waals surface area contributed by atoms with Crippen LogP contribution in [0.4, 0.5) is 0 Å². The lowest BCUT2D eigenvalue weighted by Gasteiger charge is -2.27. The normalized spacial score (nSPS) is 15.3. The standard InChI is InChI=1S/C13H21NO/c1-10(2)11-5-7-12(8-6-11)13(3,9-14)15-4/h5-8,10H,9,14H2,1-4H3. The number of benzene rings is 1. The van der Waals surface area contributed by atoms with Crippen LogP contribution in [0.3, 0.4) is 0 Å². The van der Waals surface area contributed by atoms with Gasteiger partial charge in [-0.25, -0.2) is 0 Å². The predicted molar refractivity (Wildman–Crippen MR) is 63.9 cm³/mol. The van der Waals surface area contributed by atoms with Crippen molar-refractivity contribution >= 4 is 0 Å². The van der Waals surface area contributed by atoms with Gasteiger partial charge in [0.1, 0.15) is 5.60 Å². The van der Waals surface area contributed by atoms with Crippen LogP contribution in [0.25, 0.3) is 0 Å². The Morgan fingerprint density at radius 3 is 2.13 bits per heavy atom. The van der Waals surface area contributed by atoms with Gasteiger partial charge in [-0.1, -0.05) is 38.1 Å². The van der Waals surface area contributed by atoms with Gasteiger partial charge in [0.25, 0.3) is 0 Å². The van der Waals surface area contributed by atoms with Crippen LogP contribution < -0.4 is 5.73 Å². The molecule has 1 unspecified atom stereocenters. The zero-order valence-electron chi connectivity index (χ0n) is 10.1. The van der Waals surface area contributed by atoms with Crippen LogP contribution in [0.2, 0.25) is 0 Å². The Hall–Kier alpha value is -0.860. The second kappa shape index (κ2) is 4.77. The van der Waals surface area contributed by atoms with Crippen LogP contribution in [0.5, 0.6) is 0 Å². The number of methoxy groups -OCH3 is 1. The van der Waals surface area contributed by atoms with Crippen LogP contribution in [0, 0.1) is 0 Å². The van der Waals surface area contributed by atoms with E-state index in [-0.39, 0.29) is 5.60 Å². The van der Waals surface area contributed by atoms with Crippen molar-refractivity contribution in [3.63, 3.8) is 0 Å². The van der Waals surface area contributed by atoms with E-state index in [9.17, 15) is 0 Å². The lowest BCUT2D eigenvalue weighted by atomic mass is 9.93. The summed E-state index contributed by atoms with van der Waals surface area (Å²) in [4.78, 5) is 0. The first kappa shape index (κ1) is 12.2. The molecule has 0 spiro atoms. The fourth-order valence-corrected chi connectivity index (χ4v) is 1.54. The average molecular weight is 207 g/mol. The first-order valence-corrected chi connectivity index (χ1v) is 5.39. The molecule has 0 saturated carbocycles. The van der Waals surface area contributed by atoms with Gasteiger partial charge in [0, 0.05) is 13.7 Å². The SMILES string of the molecule is COC(C)(CN)c1ccc(C(C)C)cc1. The van der Waals surface area contributed by atoms with Gasteiger partial charge in [0.05, 0.1) is 0 Å². The summed E-state index contributed by atoms with van der Waals surface area (Å²) in [5.41, 5.74) is 7.83. The lowest BCUT2D eigenvalue weighted by Crippen LogP contribution is -2.33. The molecule has 15 heavy (non-hydrogen) atoms. The maximum Gasteiger partial charge on any atom is 0.102 e. The summed E-state index contributed by atoms with van der Waals surface area (Å²) in [7, 11) is 1.70. The molecule has 2 N–H and O–H groups in total. The second-order valence-corrected chi connectivity index (χ2v) is 4.42. The minimum absolute atomic E-state index is 0.366. The van der Waals surface area contributed by atoms with E-state index in [0.29, 0.717) is 12.5 Å². The van der Waals surface area contributed by atoms with Crippen LogP contribution >= 0.6 is 0 Å². The number of rotatable bonds is 4. The third-order valence-corrected chi connectivity index (χ3v) is 3.03. The fraction of sp³-hybridized carbons (Fsp3) is 0.538. The Kier molecular flexibility index (Phi) is 3.89. The van der Waals surface area contributed by atoms with Crippen molar-refractivity contribution in [2.45, 2.75) is 32.3 Å². The highest BCUT2D eigenvalue weighted by molar-refractivity contribution is 5.28. The van der Waals surface area contributed by atoms with E-state index in [1.54, 1.807) is 7.11 Å². The Labute approximate surface area is 92.4 Å². The van der Waals surface area contributed by atoms with Crippen molar-refractivity contribution in [3.05, 3.63) is 35.4 Å². The molecule has 0 aliphatic heterocycles. The Balaban J connectivity index is 2.97. The molecule has 1 aromatic rings. The molecular weight excluding hydrogens is 186 g/mol. The zero-order valence-corrected chi connectivity index (χ0v) is 10.1. The molecule has 2 heteroatoms. The topological polar surface area (TPSA) is 35.2 Å². The van der Waals surface area contributed by atoms with Crippen molar-refractivity contribution in [1.82, 2.24) is 0 Å². The van der Waals surface area contributed by atoms with E-state index in [1.165, 1.54) is 5.56 Å². The Bertz CT molecular complexity index is 299. The quantitative estimate of drug-likeness (QED) is 0.823. The highest BCUT2D eigenvalue weighted by atomic mass is 16.5. The molecule has 0 radical (unpaired) electrons. The molecule has 0 fully saturated rings. The number of hydrogen-bond donors (Lipinski definition) is 1. The average Bonchev–Trinajstić information content (AvgIpc) is 2.28.